The number of hydrogen-bond donors (Lipinski definition) is 1. The van der Waals surface area contributed by atoms with Crippen molar-refractivity contribution < 1.29 is 0 Å². The molecule has 0 saturated carbocycles. The van der Waals surface area contributed by atoms with Crippen LogP contribution in [0.2, 0.25) is 0 Å². The molecule has 0 aromatic carbocycles. The Morgan fingerprint density at radius 1 is 1.75 bits per heavy atom. The average Bonchev–Trinajstić information content (AvgIpc) is 2.49. The normalized spacial score (nSPS) is 31.4. The van der Waals surface area contributed by atoms with E-state index in [0.717, 1.165) is 6.54 Å². The summed E-state index contributed by atoms with van der Waals surface area (Å²) >= 11 is 2.03. The Kier molecular flexibility index (Phi) is 3.42. The van der Waals surface area contributed by atoms with Gasteiger partial charge in [-0.25, -0.2) is 0 Å². The minimum absolute atomic E-state index is 0.0111. The van der Waals surface area contributed by atoms with E-state index in [1.807, 2.05) is 18.7 Å². The number of hydrogen-bond acceptors (Lipinski definition) is 3. The summed E-state index contributed by atoms with van der Waals surface area (Å²) in [4.78, 5) is 0. The third kappa shape index (κ3) is 2.69. The second-order valence-corrected chi connectivity index (χ2v) is 5.32. The monoisotopic (exact) mass is 184 g/mol. The molecular weight excluding hydrogens is 168 g/mol. The summed E-state index contributed by atoms with van der Waals surface area (Å²) in [5.41, 5.74) is 0. The first-order valence-electron chi connectivity index (χ1n) is 4.43. The van der Waals surface area contributed by atoms with Crippen molar-refractivity contribution in [2.45, 2.75) is 37.5 Å². The summed E-state index contributed by atoms with van der Waals surface area (Å²) in [6.45, 7) is 5.15. The molecule has 0 radical (unpaired) electrons. The first-order valence-corrected chi connectivity index (χ1v) is 5.42. The Labute approximate surface area is 78.7 Å². The second-order valence-electron chi connectivity index (χ2n) is 3.63. The molecule has 1 N–H and O–H groups in total. The lowest BCUT2D eigenvalue weighted by atomic mass is 10.1. The fourth-order valence-electron chi connectivity index (χ4n) is 1.39. The third-order valence-electron chi connectivity index (χ3n) is 2.28. The van der Waals surface area contributed by atoms with Gasteiger partial charge in [0.05, 0.1) is 12.1 Å². The van der Waals surface area contributed by atoms with Crippen LogP contribution >= 0.6 is 11.8 Å². The van der Waals surface area contributed by atoms with Gasteiger partial charge in [-0.15, -0.1) is 0 Å². The van der Waals surface area contributed by atoms with Crippen LogP contribution in [0.3, 0.4) is 0 Å². The number of thioether (sulfide) groups is 1. The van der Waals surface area contributed by atoms with Gasteiger partial charge in [0.2, 0.25) is 0 Å². The average molecular weight is 184 g/mol. The van der Waals surface area contributed by atoms with Crippen molar-refractivity contribution in [2.24, 2.45) is 0 Å². The Morgan fingerprint density at radius 2 is 2.50 bits per heavy atom. The summed E-state index contributed by atoms with van der Waals surface area (Å²) in [5.74, 6) is 1.28. The Balaban J connectivity index is 2.26. The first kappa shape index (κ1) is 9.88. The molecule has 1 heterocycles. The molecule has 2 unspecified atom stereocenters. The van der Waals surface area contributed by atoms with E-state index in [4.69, 9.17) is 5.26 Å². The van der Waals surface area contributed by atoms with Gasteiger partial charge in [-0.2, -0.15) is 17.0 Å². The van der Waals surface area contributed by atoms with E-state index in [0.29, 0.717) is 4.75 Å². The van der Waals surface area contributed by atoms with Gasteiger partial charge in [-0.3, -0.25) is 0 Å². The summed E-state index contributed by atoms with van der Waals surface area (Å²) < 4.78 is 0.380. The molecule has 1 aliphatic heterocycles. The fourth-order valence-corrected chi connectivity index (χ4v) is 2.65. The van der Waals surface area contributed by atoms with Crippen molar-refractivity contribution in [1.82, 2.24) is 5.32 Å². The van der Waals surface area contributed by atoms with E-state index in [9.17, 15) is 0 Å². The predicted octanol–water partition coefficient (Wildman–Crippen LogP) is 1.77. The number of rotatable bonds is 3. The molecule has 3 heteroatoms. The fraction of sp³-hybridized carbons (Fsp3) is 0.889. The topological polar surface area (TPSA) is 35.8 Å². The number of nitrogens with zero attached hydrogens (tertiary/aromatic N) is 1. The Morgan fingerprint density at radius 3 is 3.00 bits per heavy atom. The quantitative estimate of drug-likeness (QED) is 0.726. The molecule has 0 spiro atoms. The lowest BCUT2D eigenvalue weighted by molar-refractivity contribution is 0.520. The maximum absolute atomic E-state index is 8.57. The predicted molar refractivity (Wildman–Crippen MR) is 53.2 cm³/mol. The molecule has 1 rings (SSSR count). The minimum Gasteiger partial charge on any atom is -0.301 e. The summed E-state index contributed by atoms with van der Waals surface area (Å²) in [6.07, 6.45) is 2.60. The standard InChI is InChI=1S/C9H16N2S/c1-8(6-10)11-7-9(2)4-3-5-12-9/h8,11H,3-5,7H2,1-2H3. The molecule has 0 aromatic rings. The maximum atomic E-state index is 8.57. The molecule has 0 aromatic heterocycles. The van der Waals surface area contributed by atoms with Gasteiger partial charge in [0, 0.05) is 11.3 Å². The summed E-state index contributed by atoms with van der Waals surface area (Å²) in [5, 5.41) is 11.8. The zero-order valence-electron chi connectivity index (χ0n) is 7.76. The second kappa shape index (κ2) is 4.15. The van der Waals surface area contributed by atoms with E-state index in [-0.39, 0.29) is 6.04 Å². The van der Waals surface area contributed by atoms with Gasteiger partial charge >= 0.3 is 0 Å². The van der Waals surface area contributed by atoms with Crippen molar-refractivity contribution in [3.63, 3.8) is 0 Å². The molecule has 12 heavy (non-hydrogen) atoms. The molecule has 0 aliphatic carbocycles. The van der Waals surface area contributed by atoms with Crippen molar-refractivity contribution in [3.05, 3.63) is 0 Å². The van der Waals surface area contributed by atoms with E-state index >= 15 is 0 Å². The molecule has 2 atom stereocenters. The van der Waals surface area contributed by atoms with Gasteiger partial charge in [0.15, 0.2) is 0 Å². The van der Waals surface area contributed by atoms with Gasteiger partial charge in [-0.05, 0) is 32.4 Å². The molecule has 0 bridgehead atoms. The summed E-state index contributed by atoms with van der Waals surface area (Å²) in [6, 6.07) is 2.17. The van der Waals surface area contributed by atoms with E-state index in [2.05, 4.69) is 18.3 Å². The van der Waals surface area contributed by atoms with Crippen LogP contribution in [0.4, 0.5) is 0 Å². The highest BCUT2D eigenvalue weighted by atomic mass is 32.2. The first-order chi connectivity index (χ1) is 5.66. The van der Waals surface area contributed by atoms with Crippen LogP contribution in [0.15, 0.2) is 0 Å². The van der Waals surface area contributed by atoms with Crippen LogP contribution in [0.5, 0.6) is 0 Å². The van der Waals surface area contributed by atoms with Gasteiger partial charge in [-0.1, -0.05) is 0 Å². The van der Waals surface area contributed by atoms with Crippen LogP contribution in [-0.2, 0) is 0 Å². The smallest absolute Gasteiger partial charge is 0.0924 e. The van der Waals surface area contributed by atoms with Crippen LogP contribution in [-0.4, -0.2) is 23.1 Å². The lowest BCUT2D eigenvalue weighted by Crippen LogP contribution is -2.37. The zero-order valence-corrected chi connectivity index (χ0v) is 8.58. The minimum atomic E-state index is -0.0111. The summed E-state index contributed by atoms with van der Waals surface area (Å²) in [7, 11) is 0. The van der Waals surface area contributed by atoms with Crippen LogP contribution in [0.25, 0.3) is 0 Å². The van der Waals surface area contributed by atoms with E-state index in [1.54, 1.807) is 0 Å². The molecule has 2 nitrogen and oxygen atoms in total. The lowest BCUT2D eigenvalue weighted by Gasteiger charge is -2.23. The van der Waals surface area contributed by atoms with Gasteiger partial charge in [0.25, 0.3) is 0 Å². The SMILES string of the molecule is CC(C#N)NCC1(C)CCCS1. The highest BCUT2D eigenvalue weighted by Crippen LogP contribution is 2.36. The van der Waals surface area contributed by atoms with Crippen LogP contribution < -0.4 is 5.32 Å². The number of nitriles is 1. The highest BCUT2D eigenvalue weighted by Gasteiger charge is 2.29. The molecule has 1 fully saturated rings. The van der Waals surface area contributed by atoms with Crippen LogP contribution in [0, 0.1) is 11.3 Å². The van der Waals surface area contributed by atoms with Crippen molar-refractivity contribution in [3.8, 4) is 6.07 Å². The van der Waals surface area contributed by atoms with Crippen molar-refractivity contribution >= 4 is 11.8 Å². The van der Waals surface area contributed by atoms with Gasteiger partial charge < -0.3 is 5.32 Å². The van der Waals surface area contributed by atoms with E-state index in [1.165, 1.54) is 18.6 Å². The highest BCUT2D eigenvalue weighted by molar-refractivity contribution is 8.00. The molecule has 68 valence electrons. The molecule has 1 saturated heterocycles. The Bertz CT molecular complexity index is 179. The molecule has 1 aliphatic rings. The van der Waals surface area contributed by atoms with Crippen LogP contribution in [0.1, 0.15) is 26.7 Å². The van der Waals surface area contributed by atoms with Crippen molar-refractivity contribution in [1.29, 1.82) is 5.26 Å². The number of nitrogens with one attached hydrogen (secondary N) is 1. The third-order valence-corrected chi connectivity index (χ3v) is 3.81. The van der Waals surface area contributed by atoms with E-state index < -0.39 is 0 Å². The van der Waals surface area contributed by atoms with Gasteiger partial charge in [0.1, 0.15) is 0 Å². The zero-order chi connectivity index (χ0) is 9.03. The molecule has 0 amide bonds. The molecular formula is C9H16N2S. The maximum Gasteiger partial charge on any atom is 0.0924 e. The Hall–Kier alpha value is -0.200. The van der Waals surface area contributed by atoms with Crippen molar-refractivity contribution in [2.75, 3.05) is 12.3 Å². The largest absolute Gasteiger partial charge is 0.301 e.